The molecule has 1 unspecified atom stereocenters. The average molecular weight is 400 g/mol. The fourth-order valence-electron chi connectivity index (χ4n) is 2.59. The normalized spacial score (nSPS) is 12.5. The number of hydrogen-bond acceptors (Lipinski definition) is 6. The van der Waals surface area contributed by atoms with Crippen LogP contribution in [0.5, 0.6) is 0 Å². The molecule has 0 aliphatic carbocycles. The van der Waals surface area contributed by atoms with Gasteiger partial charge in [0, 0.05) is 7.05 Å². The second kappa shape index (κ2) is 7.34. The maximum absolute atomic E-state index is 12.6. The van der Waals surface area contributed by atoms with Gasteiger partial charge in [-0.2, -0.15) is 0 Å². The van der Waals surface area contributed by atoms with Gasteiger partial charge >= 0.3 is 0 Å². The molecule has 0 aliphatic heterocycles. The van der Waals surface area contributed by atoms with E-state index in [1.807, 2.05) is 50.4 Å². The van der Waals surface area contributed by atoms with Crippen LogP contribution in [0.15, 0.2) is 52.9 Å². The van der Waals surface area contributed by atoms with E-state index in [-0.39, 0.29) is 11.9 Å². The third kappa shape index (κ3) is 3.47. The van der Waals surface area contributed by atoms with Gasteiger partial charge in [-0.1, -0.05) is 36.0 Å². The first-order valence-electron chi connectivity index (χ1n) is 8.21. The predicted octanol–water partition coefficient (Wildman–Crippen LogP) is 5.22. The van der Waals surface area contributed by atoms with Crippen molar-refractivity contribution < 1.29 is 4.79 Å². The standard InChI is InChI=1S/C19H17N3OS3/c1-12(18-20-13-7-3-5-9-15(13)25-18)22(2)17(23)11-24-19-21-14-8-4-6-10-16(14)26-19/h3-10,12H,11H2,1-2H3. The van der Waals surface area contributed by atoms with Crippen LogP contribution in [0.1, 0.15) is 18.0 Å². The van der Waals surface area contributed by atoms with Gasteiger partial charge in [-0.15, -0.1) is 22.7 Å². The molecule has 0 radical (unpaired) electrons. The number of aromatic nitrogens is 2. The maximum atomic E-state index is 12.6. The number of thiazole rings is 2. The number of benzene rings is 2. The largest absolute Gasteiger partial charge is 0.336 e. The van der Waals surface area contributed by atoms with Crippen LogP contribution < -0.4 is 0 Å². The van der Waals surface area contributed by atoms with Gasteiger partial charge in [-0.3, -0.25) is 4.79 Å². The highest BCUT2D eigenvalue weighted by atomic mass is 32.2. The van der Waals surface area contributed by atoms with Gasteiger partial charge in [-0.05, 0) is 31.2 Å². The van der Waals surface area contributed by atoms with E-state index in [2.05, 4.69) is 22.1 Å². The zero-order valence-corrected chi connectivity index (χ0v) is 16.8. The highest BCUT2D eigenvalue weighted by Gasteiger charge is 2.21. The molecule has 0 spiro atoms. The van der Waals surface area contributed by atoms with Crippen LogP contribution in [0.4, 0.5) is 0 Å². The Morgan fingerprint density at radius 2 is 1.65 bits per heavy atom. The lowest BCUT2D eigenvalue weighted by Crippen LogP contribution is -2.31. The summed E-state index contributed by atoms with van der Waals surface area (Å²) >= 11 is 4.78. The number of amides is 1. The Balaban J connectivity index is 1.43. The van der Waals surface area contributed by atoms with E-state index in [0.29, 0.717) is 5.75 Å². The van der Waals surface area contributed by atoms with E-state index in [4.69, 9.17) is 0 Å². The average Bonchev–Trinajstić information content (AvgIpc) is 3.28. The first-order chi connectivity index (χ1) is 12.6. The van der Waals surface area contributed by atoms with Crippen molar-refractivity contribution in [3.8, 4) is 0 Å². The van der Waals surface area contributed by atoms with Gasteiger partial charge in [0.05, 0.1) is 32.2 Å². The van der Waals surface area contributed by atoms with Crippen LogP contribution in [-0.4, -0.2) is 33.6 Å². The van der Waals surface area contributed by atoms with E-state index < -0.39 is 0 Å². The minimum absolute atomic E-state index is 0.0455. The second-order valence-corrected chi connectivity index (χ2v) is 9.25. The molecule has 0 saturated carbocycles. The Labute approximate surface area is 163 Å². The van der Waals surface area contributed by atoms with Crippen molar-refractivity contribution >= 4 is 60.8 Å². The number of carbonyl (C=O) groups is 1. The van der Waals surface area contributed by atoms with Crippen molar-refractivity contribution in [2.45, 2.75) is 17.3 Å². The van der Waals surface area contributed by atoms with E-state index >= 15 is 0 Å². The molecule has 4 rings (SSSR count). The van der Waals surface area contributed by atoms with Crippen LogP contribution in [0.3, 0.4) is 0 Å². The van der Waals surface area contributed by atoms with Crippen LogP contribution in [0.25, 0.3) is 20.4 Å². The number of nitrogens with zero attached hydrogens (tertiary/aromatic N) is 3. The van der Waals surface area contributed by atoms with Crippen molar-refractivity contribution in [2.24, 2.45) is 0 Å². The summed E-state index contributed by atoms with van der Waals surface area (Å²) in [4.78, 5) is 23.6. The number of hydrogen-bond donors (Lipinski definition) is 0. The van der Waals surface area contributed by atoms with Crippen molar-refractivity contribution in [1.29, 1.82) is 0 Å². The van der Waals surface area contributed by atoms with E-state index in [1.165, 1.54) is 11.8 Å². The fourth-order valence-corrected chi connectivity index (χ4v) is 5.64. The Bertz CT molecular complexity index is 1010. The van der Waals surface area contributed by atoms with E-state index in [0.717, 1.165) is 29.8 Å². The molecule has 0 fully saturated rings. The number of fused-ring (bicyclic) bond motifs is 2. The summed E-state index contributed by atoms with van der Waals surface area (Å²) in [7, 11) is 1.85. The van der Waals surface area contributed by atoms with Crippen molar-refractivity contribution in [1.82, 2.24) is 14.9 Å². The van der Waals surface area contributed by atoms with Crippen molar-refractivity contribution in [2.75, 3.05) is 12.8 Å². The summed E-state index contributed by atoms with van der Waals surface area (Å²) in [5.41, 5.74) is 1.98. The van der Waals surface area contributed by atoms with E-state index in [9.17, 15) is 4.79 Å². The van der Waals surface area contributed by atoms with Crippen molar-refractivity contribution in [3.63, 3.8) is 0 Å². The number of carbonyl (C=O) groups excluding carboxylic acids is 1. The fraction of sp³-hybridized carbons (Fsp3) is 0.211. The third-order valence-electron chi connectivity index (χ3n) is 4.24. The van der Waals surface area contributed by atoms with Crippen LogP contribution in [-0.2, 0) is 4.79 Å². The third-order valence-corrected chi connectivity index (χ3v) is 7.61. The lowest BCUT2D eigenvalue weighted by atomic mass is 10.3. The molecular formula is C19H17N3OS3. The molecule has 1 atom stereocenters. The SMILES string of the molecule is CC(c1nc2ccccc2s1)N(C)C(=O)CSc1nc2ccccc2s1. The van der Waals surface area contributed by atoms with Gasteiger partial charge in [0.25, 0.3) is 0 Å². The quantitative estimate of drug-likeness (QED) is 0.432. The smallest absolute Gasteiger partial charge is 0.233 e. The molecule has 7 heteroatoms. The summed E-state index contributed by atoms with van der Waals surface area (Å²) in [6, 6.07) is 16.1. The molecule has 132 valence electrons. The lowest BCUT2D eigenvalue weighted by molar-refractivity contribution is -0.128. The summed E-state index contributed by atoms with van der Waals surface area (Å²) in [6.07, 6.45) is 0. The summed E-state index contributed by atoms with van der Waals surface area (Å²) < 4.78 is 3.23. The minimum atomic E-state index is -0.0455. The highest BCUT2D eigenvalue weighted by molar-refractivity contribution is 8.01. The monoisotopic (exact) mass is 399 g/mol. The lowest BCUT2D eigenvalue weighted by Gasteiger charge is -2.22. The van der Waals surface area contributed by atoms with Gasteiger partial charge in [-0.25, -0.2) is 9.97 Å². The second-order valence-electron chi connectivity index (χ2n) is 5.94. The van der Waals surface area contributed by atoms with Crippen molar-refractivity contribution in [3.05, 3.63) is 53.5 Å². The number of para-hydroxylation sites is 2. The molecule has 2 heterocycles. The molecule has 2 aromatic heterocycles. The Morgan fingerprint density at radius 3 is 2.31 bits per heavy atom. The van der Waals surface area contributed by atoms with Crippen LogP contribution in [0, 0.1) is 0 Å². The molecule has 0 N–H and O–H groups in total. The number of rotatable bonds is 5. The van der Waals surface area contributed by atoms with Gasteiger partial charge < -0.3 is 4.90 Å². The Hall–Kier alpha value is -1.96. The Kier molecular flexibility index (Phi) is 4.93. The molecule has 26 heavy (non-hydrogen) atoms. The molecule has 0 bridgehead atoms. The zero-order chi connectivity index (χ0) is 18.1. The van der Waals surface area contributed by atoms with Gasteiger partial charge in [0.2, 0.25) is 5.91 Å². The molecule has 4 aromatic rings. The molecule has 4 nitrogen and oxygen atoms in total. The van der Waals surface area contributed by atoms with Gasteiger partial charge in [0.15, 0.2) is 4.34 Å². The zero-order valence-electron chi connectivity index (χ0n) is 14.4. The molecule has 2 aromatic carbocycles. The number of thioether (sulfide) groups is 1. The summed E-state index contributed by atoms with van der Waals surface area (Å²) in [5.74, 6) is 0.465. The maximum Gasteiger partial charge on any atom is 0.233 e. The first-order valence-corrected chi connectivity index (χ1v) is 10.8. The molecule has 0 aliphatic rings. The Morgan fingerprint density at radius 1 is 1.04 bits per heavy atom. The van der Waals surface area contributed by atoms with Crippen LogP contribution >= 0.6 is 34.4 Å². The molecular weight excluding hydrogens is 382 g/mol. The topological polar surface area (TPSA) is 46.1 Å². The summed E-state index contributed by atoms with van der Waals surface area (Å²) in [6.45, 7) is 2.03. The predicted molar refractivity (Wildman–Crippen MR) is 111 cm³/mol. The van der Waals surface area contributed by atoms with E-state index in [1.54, 1.807) is 27.6 Å². The minimum Gasteiger partial charge on any atom is -0.336 e. The molecule has 0 saturated heterocycles. The van der Waals surface area contributed by atoms with Gasteiger partial charge in [0.1, 0.15) is 5.01 Å². The summed E-state index contributed by atoms with van der Waals surface area (Å²) in [5, 5.41) is 0.965. The van der Waals surface area contributed by atoms with Crippen LogP contribution in [0.2, 0.25) is 0 Å². The first kappa shape index (κ1) is 17.5. The molecule has 1 amide bonds. The highest BCUT2D eigenvalue weighted by Crippen LogP contribution is 2.31.